The number of thioether (sulfide) groups is 1. The molecule has 3 amide bonds. The van der Waals surface area contributed by atoms with Crippen LogP contribution in [-0.4, -0.2) is 39.7 Å². The van der Waals surface area contributed by atoms with Gasteiger partial charge in [-0.25, -0.2) is 4.90 Å². The minimum absolute atomic E-state index is 0.0729. The predicted octanol–water partition coefficient (Wildman–Crippen LogP) is 5.37. The summed E-state index contributed by atoms with van der Waals surface area (Å²) in [6.45, 7) is -0.342. The minimum atomic E-state index is -0.829. The predicted molar refractivity (Wildman–Crippen MR) is 160 cm³/mol. The fourth-order valence-electron chi connectivity index (χ4n) is 4.98. The number of phenolic OH excluding ortho intramolecular Hbond substituents is 1. The van der Waals surface area contributed by atoms with Crippen molar-refractivity contribution >= 4 is 79.7 Å². The Labute approximate surface area is 254 Å². The van der Waals surface area contributed by atoms with Crippen molar-refractivity contribution in [3.63, 3.8) is 0 Å². The highest BCUT2D eigenvalue weighted by atomic mass is 79.9. The Hall–Kier alpha value is -3.58. The Balaban J connectivity index is 1.36. The summed E-state index contributed by atoms with van der Waals surface area (Å²) in [4.78, 5) is 57.0. The molecule has 0 radical (unpaired) electrons. The summed E-state index contributed by atoms with van der Waals surface area (Å²) < 4.78 is 6.66. The van der Waals surface area contributed by atoms with E-state index in [1.807, 2.05) is 0 Å². The van der Waals surface area contributed by atoms with Gasteiger partial charge in [0.25, 0.3) is 5.91 Å². The molecule has 0 saturated carbocycles. The molecule has 208 valence electrons. The van der Waals surface area contributed by atoms with Crippen molar-refractivity contribution in [1.29, 1.82) is 0 Å². The van der Waals surface area contributed by atoms with Crippen molar-refractivity contribution < 1.29 is 24.2 Å². The van der Waals surface area contributed by atoms with Gasteiger partial charge in [0.1, 0.15) is 16.7 Å². The first-order chi connectivity index (χ1) is 19.7. The summed E-state index contributed by atoms with van der Waals surface area (Å²) in [5.74, 6) is -2.34. The van der Waals surface area contributed by atoms with Gasteiger partial charge >= 0.3 is 4.87 Å². The summed E-state index contributed by atoms with van der Waals surface area (Å²) in [5, 5.41) is 12.4. The number of benzene rings is 3. The van der Waals surface area contributed by atoms with Crippen molar-refractivity contribution in [3.05, 3.63) is 96.3 Å². The van der Waals surface area contributed by atoms with Gasteiger partial charge in [0.2, 0.25) is 11.8 Å². The van der Waals surface area contributed by atoms with E-state index in [2.05, 4.69) is 26.2 Å². The molecule has 0 spiro atoms. The molecular formula is C28H19BrClN3O6S2. The number of aromatic amines is 1. The maximum Gasteiger partial charge on any atom is 0.305 e. The Morgan fingerprint density at radius 1 is 1.05 bits per heavy atom. The fourth-order valence-corrected chi connectivity index (χ4v) is 7.99. The van der Waals surface area contributed by atoms with Crippen molar-refractivity contribution in [2.45, 2.75) is 16.2 Å². The number of imide groups is 1. The van der Waals surface area contributed by atoms with E-state index in [4.69, 9.17) is 16.3 Å². The monoisotopic (exact) mass is 671 g/mol. The maximum atomic E-state index is 14.0. The quantitative estimate of drug-likeness (QED) is 0.186. The molecule has 1 saturated heterocycles. The van der Waals surface area contributed by atoms with E-state index < -0.39 is 28.9 Å². The molecule has 2 aliphatic heterocycles. The number of rotatable bonds is 6. The first-order valence-corrected chi connectivity index (χ1v) is 15.1. The molecule has 3 unspecified atom stereocenters. The number of carbonyl (C=O) groups excluding carboxylic acids is 3. The number of aromatic hydroxyl groups is 1. The number of H-pyrrole nitrogens is 1. The van der Waals surface area contributed by atoms with Crippen LogP contribution in [0, 0.1) is 5.92 Å². The van der Waals surface area contributed by atoms with Gasteiger partial charge in [0, 0.05) is 31.5 Å². The highest BCUT2D eigenvalue weighted by Crippen LogP contribution is 2.54. The van der Waals surface area contributed by atoms with Gasteiger partial charge in [-0.2, -0.15) is 0 Å². The number of hydrogen-bond acceptors (Lipinski definition) is 8. The van der Waals surface area contributed by atoms with Crippen molar-refractivity contribution in [1.82, 2.24) is 4.98 Å². The van der Waals surface area contributed by atoms with Crippen molar-refractivity contribution in [3.8, 4) is 11.5 Å². The van der Waals surface area contributed by atoms with E-state index in [9.17, 15) is 24.3 Å². The molecular weight excluding hydrogens is 654 g/mol. The Bertz CT molecular complexity index is 1740. The maximum absolute atomic E-state index is 14.0. The van der Waals surface area contributed by atoms with Gasteiger partial charge < -0.3 is 20.1 Å². The number of aromatic nitrogens is 1. The lowest BCUT2D eigenvalue weighted by molar-refractivity contribution is -0.122. The van der Waals surface area contributed by atoms with Crippen LogP contribution in [-0.2, 0) is 14.4 Å². The second-order valence-corrected chi connectivity index (χ2v) is 12.8. The molecule has 3 N–H and O–H groups in total. The van der Waals surface area contributed by atoms with Crippen LogP contribution in [0.1, 0.15) is 16.4 Å². The summed E-state index contributed by atoms with van der Waals surface area (Å²) in [6.07, 6.45) is 0. The number of nitrogens with zero attached hydrogens (tertiary/aromatic N) is 1. The average molecular weight is 673 g/mol. The molecule has 4 aromatic rings. The number of anilines is 2. The zero-order chi connectivity index (χ0) is 28.8. The van der Waals surface area contributed by atoms with Gasteiger partial charge in [-0.05, 0) is 66.7 Å². The first kappa shape index (κ1) is 27.6. The lowest BCUT2D eigenvalue weighted by atomic mass is 9.82. The molecule has 3 heterocycles. The summed E-state index contributed by atoms with van der Waals surface area (Å²) >= 11 is 11.7. The van der Waals surface area contributed by atoms with Gasteiger partial charge in [0.15, 0.2) is 6.61 Å². The number of carbonyl (C=O) groups is 3. The van der Waals surface area contributed by atoms with Crippen LogP contribution < -0.4 is 19.8 Å². The number of thiazole rings is 1. The Morgan fingerprint density at radius 3 is 2.51 bits per heavy atom. The number of fused-ring (bicyclic) bond motifs is 2. The lowest BCUT2D eigenvalue weighted by Gasteiger charge is -2.31. The molecule has 0 bridgehead atoms. The van der Waals surface area contributed by atoms with E-state index in [0.717, 1.165) is 11.3 Å². The van der Waals surface area contributed by atoms with Gasteiger partial charge in [-0.3, -0.25) is 19.2 Å². The number of halogens is 2. The largest absolute Gasteiger partial charge is 0.508 e. The summed E-state index contributed by atoms with van der Waals surface area (Å²) in [7, 11) is 0. The van der Waals surface area contributed by atoms with Crippen LogP contribution in [0.4, 0.5) is 11.4 Å². The number of phenols is 1. The number of nitrogens with one attached hydrogen (secondary N) is 2. The highest BCUT2D eigenvalue weighted by molar-refractivity contribution is 9.10. The topological polar surface area (TPSA) is 129 Å². The third-order valence-corrected chi connectivity index (χ3v) is 9.87. The molecule has 2 aliphatic rings. The molecule has 13 heteroatoms. The third-order valence-electron chi connectivity index (χ3n) is 6.73. The van der Waals surface area contributed by atoms with Crippen LogP contribution in [0.5, 0.6) is 11.5 Å². The molecule has 1 fully saturated rings. The van der Waals surface area contributed by atoms with E-state index in [0.29, 0.717) is 42.1 Å². The summed E-state index contributed by atoms with van der Waals surface area (Å²) in [5.41, 5.74) is 1.45. The highest BCUT2D eigenvalue weighted by Gasteiger charge is 2.56. The molecule has 3 aromatic carbocycles. The van der Waals surface area contributed by atoms with E-state index in [-0.39, 0.29) is 23.1 Å². The van der Waals surface area contributed by atoms with Crippen LogP contribution in [0.25, 0.3) is 0 Å². The number of hydrogen-bond donors (Lipinski definition) is 3. The summed E-state index contributed by atoms with van der Waals surface area (Å²) in [6, 6.07) is 17.7. The Kier molecular flexibility index (Phi) is 7.41. The second kappa shape index (κ2) is 11.0. The second-order valence-electron chi connectivity index (χ2n) is 9.30. The fraction of sp³-hybridized carbons (Fsp3) is 0.143. The van der Waals surface area contributed by atoms with Gasteiger partial charge in [-0.15, -0.1) is 0 Å². The molecule has 9 nitrogen and oxygen atoms in total. The zero-order valence-corrected chi connectivity index (χ0v) is 24.8. The molecule has 6 rings (SSSR count). The number of amides is 3. The van der Waals surface area contributed by atoms with Crippen molar-refractivity contribution in [2.24, 2.45) is 5.92 Å². The molecule has 3 atom stereocenters. The van der Waals surface area contributed by atoms with Crippen LogP contribution in [0.15, 0.2) is 81.0 Å². The van der Waals surface area contributed by atoms with Crippen LogP contribution in [0.3, 0.4) is 0 Å². The first-order valence-electron chi connectivity index (χ1n) is 12.2. The third kappa shape index (κ3) is 5.28. The van der Waals surface area contributed by atoms with Crippen LogP contribution in [0.2, 0.25) is 5.02 Å². The zero-order valence-electron chi connectivity index (χ0n) is 20.8. The Morgan fingerprint density at radius 2 is 1.78 bits per heavy atom. The van der Waals surface area contributed by atoms with Crippen molar-refractivity contribution in [2.75, 3.05) is 16.8 Å². The van der Waals surface area contributed by atoms with Crippen LogP contribution >= 0.6 is 50.6 Å². The molecule has 41 heavy (non-hydrogen) atoms. The number of ether oxygens (including phenoxy) is 1. The standard InChI is InChI=1S/C28H19BrClN3O6S2/c29-13-1-10-19(39-12-20(35)31-15-4-8-17(34)9-5-15)18(11-13)21-22-24(40-25-23(21)41-28(38)32-25)27(37)33(26(22)36)16-6-2-14(30)3-7-16/h1-11,21-22,24,34H,12H2,(H,31,35)(H,32,38). The van der Waals surface area contributed by atoms with Gasteiger partial charge in [-0.1, -0.05) is 50.6 Å². The lowest BCUT2D eigenvalue weighted by Crippen LogP contribution is -2.32. The molecule has 0 aliphatic carbocycles. The SMILES string of the molecule is O=C(COc1ccc(Br)cc1C1c2sc(=O)[nH]c2SC2C(=O)N(c3ccc(Cl)cc3)C(=O)C21)Nc1ccc(O)cc1. The minimum Gasteiger partial charge on any atom is -0.508 e. The average Bonchev–Trinajstić information content (AvgIpc) is 3.44. The van der Waals surface area contributed by atoms with E-state index in [1.54, 1.807) is 54.6 Å². The smallest absolute Gasteiger partial charge is 0.305 e. The van der Waals surface area contributed by atoms with E-state index >= 15 is 0 Å². The normalized spacial score (nSPS) is 19.6. The van der Waals surface area contributed by atoms with Gasteiger partial charge in [0.05, 0.1) is 16.6 Å². The molecule has 1 aromatic heterocycles. The van der Waals surface area contributed by atoms with E-state index in [1.165, 1.54) is 28.8 Å².